The van der Waals surface area contributed by atoms with Crippen molar-refractivity contribution in [2.24, 2.45) is 0 Å². The van der Waals surface area contributed by atoms with E-state index in [0.29, 0.717) is 0 Å². The van der Waals surface area contributed by atoms with Crippen LogP contribution in [0.2, 0.25) is 0 Å². The number of benzene rings is 2. The van der Waals surface area contributed by atoms with Crippen LogP contribution >= 0.6 is 15.9 Å². The number of aliphatic hydroxyl groups is 1. The molecule has 0 saturated heterocycles. The topological polar surface area (TPSA) is 23.5 Å². The molecule has 0 bridgehead atoms. The minimum Gasteiger partial charge on any atom is -0.389 e. The van der Waals surface area contributed by atoms with Gasteiger partial charge in [0.2, 0.25) is 0 Å². The van der Waals surface area contributed by atoms with Crippen LogP contribution in [0.15, 0.2) is 46.9 Å². The second kappa shape index (κ2) is 6.37. The van der Waals surface area contributed by atoms with Crippen molar-refractivity contribution in [1.82, 2.24) is 0 Å². The van der Waals surface area contributed by atoms with Crippen LogP contribution in [0.4, 0.5) is 15.8 Å². The zero-order chi connectivity index (χ0) is 14.7. The molecule has 0 radical (unpaired) electrons. The van der Waals surface area contributed by atoms with Crippen LogP contribution in [-0.4, -0.2) is 11.7 Å². The molecule has 0 aliphatic rings. The number of halogens is 2. The van der Waals surface area contributed by atoms with Gasteiger partial charge >= 0.3 is 0 Å². The molecule has 0 spiro atoms. The van der Waals surface area contributed by atoms with E-state index in [-0.39, 0.29) is 5.82 Å². The van der Waals surface area contributed by atoms with Crippen LogP contribution < -0.4 is 4.90 Å². The van der Waals surface area contributed by atoms with Gasteiger partial charge in [0.15, 0.2) is 0 Å². The predicted octanol–water partition coefficient (Wildman–Crippen LogP) is 4.80. The maximum Gasteiger partial charge on any atom is 0.123 e. The lowest BCUT2D eigenvalue weighted by molar-refractivity contribution is 0.199. The van der Waals surface area contributed by atoms with Crippen LogP contribution in [-0.2, 0) is 0 Å². The number of rotatable bonds is 4. The second-order valence-corrected chi connectivity index (χ2v) is 5.46. The van der Waals surface area contributed by atoms with Gasteiger partial charge in [-0.15, -0.1) is 0 Å². The zero-order valence-corrected chi connectivity index (χ0v) is 13.1. The lowest BCUT2D eigenvalue weighted by atomic mass is 10.1. The standard InChI is InChI=1S/C16H17BrFNO/c1-3-19(14-7-5-13(18)6-8-14)16-9-4-12(11(2)20)10-15(16)17/h4-11,20H,3H2,1-2H3/t11-/m1/s1. The van der Waals surface area contributed by atoms with Crippen LogP contribution in [0.3, 0.4) is 0 Å². The monoisotopic (exact) mass is 337 g/mol. The Morgan fingerprint density at radius 2 is 1.85 bits per heavy atom. The highest BCUT2D eigenvalue weighted by Crippen LogP contribution is 2.33. The van der Waals surface area contributed by atoms with Crippen molar-refractivity contribution in [1.29, 1.82) is 0 Å². The van der Waals surface area contributed by atoms with E-state index in [9.17, 15) is 9.50 Å². The molecule has 1 atom stereocenters. The van der Waals surface area contributed by atoms with Crippen molar-refractivity contribution in [3.8, 4) is 0 Å². The highest BCUT2D eigenvalue weighted by Gasteiger charge is 2.12. The Balaban J connectivity index is 2.39. The van der Waals surface area contributed by atoms with Crippen molar-refractivity contribution in [2.75, 3.05) is 11.4 Å². The maximum absolute atomic E-state index is 13.0. The smallest absolute Gasteiger partial charge is 0.123 e. The van der Waals surface area contributed by atoms with E-state index in [1.807, 2.05) is 25.1 Å². The molecule has 1 N–H and O–H groups in total. The van der Waals surface area contributed by atoms with Crippen LogP contribution in [0.5, 0.6) is 0 Å². The Morgan fingerprint density at radius 1 is 1.20 bits per heavy atom. The van der Waals surface area contributed by atoms with Gasteiger partial charge in [0.05, 0.1) is 11.8 Å². The van der Waals surface area contributed by atoms with Gasteiger partial charge in [-0.3, -0.25) is 0 Å². The van der Waals surface area contributed by atoms with Crippen molar-refractivity contribution in [3.63, 3.8) is 0 Å². The highest BCUT2D eigenvalue weighted by atomic mass is 79.9. The van der Waals surface area contributed by atoms with Gasteiger partial charge in [-0.1, -0.05) is 6.07 Å². The first-order valence-electron chi connectivity index (χ1n) is 6.53. The summed E-state index contributed by atoms with van der Waals surface area (Å²) < 4.78 is 13.9. The molecule has 0 saturated carbocycles. The van der Waals surface area contributed by atoms with Gasteiger partial charge in [0.1, 0.15) is 5.82 Å². The largest absolute Gasteiger partial charge is 0.389 e. The summed E-state index contributed by atoms with van der Waals surface area (Å²) in [6.45, 7) is 4.54. The summed E-state index contributed by atoms with van der Waals surface area (Å²) in [5, 5.41) is 9.61. The molecule has 0 aliphatic heterocycles. The fourth-order valence-corrected chi connectivity index (χ4v) is 2.73. The molecule has 106 valence electrons. The summed E-state index contributed by atoms with van der Waals surface area (Å²) in [5.41, 5.74) is 2.78. The van der Waals surface area contributed by atoms with E-state index >= 15 is 0 Å². The molecule has 0 aromatic heterocycles. The summed E-state index contributed by atoms with van der Waals surface area (Å²) in [6, 6.07) is 12.2. The third kappa shape index (κ3) is 3.19. The fraction of sp³-hybridized carbons (Fsp3) is 0.250. The van der Waals surface area contributed by atoms with E-state index in [4.69, 9.17) is 0 Å². The molecule has 2 nitrogen and oxygen atoms in total. The Morgan fingerprint density at radius 3 is 2.35 bits per heavy atom. The Bertz CT molecular complexity index is 584. The van der Waals surface area contributed by atoms with Gasteiger partial charge < -0.3 is 10.0 Å². The Kier molecular flexibility index (Phi) is 4.78. The normalized spacial score (nSPS) is 12.2. The van der Waals surface area contributed by atoms with Crippen LogP contribution in [0.25, 0.3) is 0 Å². The van der Waals surface area contributed by atoms with Crippen LogP contribution in [0, 0.1) is 5.82 Å². The van der Waals surface area contributed by atoms with Crippen molar-refractivity contribution < 1.29 is 9.50 Å². The average molecular weight is 338 g/mol. The van der Waals surface area contributed by atoms with Gasteiger partial charge in [0, 0.05) is 16.7 Å². The third-order valence-corrected chi connectivity index (χ3v) is 3.83. The lowest BCUT2D eigenvalue weighted by Gasteiger charge is -2.25. The van der Waals surface area contributed by atoms with Crippen molar-refractivity contribution in [3.05, 3.63) is 58.3 Å². The highest BCUT2D eigenvalue weighted by molar-refractivity contribution is 9.10. The first kappa shape index (κ1) is 15.0. The molecule has 2 aromatic rings. The Labute approximate surface area is 127 Å². The molecule has 0 heterocycles. The summed E-state index contributed by atoms with van der Waals surface area (Å²) in [4.78, 5) is 2.08. The quantitative estimate of drug-likeness (QED) is 0.866. The molecule has 2 aromatic carbocycles. The van der Waals surface area contributed by atoms with Gasteiger partial charge in [0.25, 0.3) is 0 Å². The number of hydrogen-bond acceptors (Lipinski definition) is 2. The van der Waals surface area contributed by atoms with E-state index in [1.165, 1.54) is 12.1 Å². The maximum atomic E-state index is 13.0. The van der Waals surface area contributed by atoms with Gasteiger partial charge in [-0.05, 0) is 71.7 Å². The number of aliphatic hydroxyl groups excluding tert-OH is 1. The number of nitrogens with zero attached hydrogens (tertiary/aromatic N) is 1. The van der Waals surface area contributed by atoms with Crippen LogP contribution in [0.1, 0.15) is 25.5 Å². The van der Waals surface area contributed by atoms with Crippen molar-refractivity contribution in [2.45, 2.75) is 20.0 Å². The van der Waals surface area contributed by atoms with E-state index in [1.54, 1.807) is 19.1 Å². The predicted molar refractivity (Wildman–Crippen MR) is 83.9 cm³/mol. The summed E-state index contributed by atoms with van der Waals surface area (Å²) in [5.74, 6) is -0.242. The minimum atomic E-state index is -0.499. The molecular weight excluding hydrogens is 321 g/mol. The minimum absolute atomic E-state index is 0.242. The molecule has 4 heteroatoms. The van der Waals surface area contributed by atoms with E-state index < -0.39 is 6.10 Å². The summed E-state index contributed by atoms with van der Waals surface area (Å²) >= 11 is 3.54. The molecule has 0 fully saturated rings. The fourth-order valence-electron chi connectivity index (χ4n) is 2.11. The Hall–Kier alpha value is -1.39. The molecular formula is C16H17BrFNO. The molecule has 20 heavy (non-hydrogen) atoms. The second-order valence-electron chi connectivity index (χ2n) is 4.61. The van der Waals surface area contributed by atoms with E-state index in [2.05, 4.69) is 20.8 Å². The summed E-state index contributed by atoms with van der Waals surface area (Å²) in [7, 11) is 0. The SMILES string of the molecule is CCN(c1ccc(F)cc1)c1ccc([C@@H](C)O)cc1Br. The third-order valence-electron chi connectivity index (χ3n) is 3.20. The number of anilines is 2. The molecule has 2 rings (SSSR count). The molecule has 0 aliphatic carbocycles. The van der Waals surface area contributed by atoms with Gasteiger partial charge in [-0.25, -0.2) is 4.39 Å². The first-order valence-corrected chi connectivity index (χ1v) is 7.33. The summed E-state index contributed by atoms with van der Waals surface area (Å²) in [6.07, 6.45) is -0.499. The zero-order valence-electron chi connectivity index (χ0n) is 11.5. The lowest BCUT2D eigenvalue weighted by Crippen LogP contribution is -2.16. The first-order chi connectivity index (χ1) is 9.52. The molecule has 0 amide bonds. The van der Waals surface area contributed by atoms with Gasteiger partial charge in [-0.2, -0.15) is 0 Å². The average Bonchev–Trinajstić information content (AvgIpc) is 2.43. The van der Waals surface area contributed by atoms with Crippen molar-refractivity contribution >= 4 is 27.3 Å². The molecule has 0 unspecified atom stereocenters. The van der Waals surface area contributed by atoms with E-state index in [0.717, 1.165) is 28.0 Å². The number of hydrogen-bond donors (Lipinski definition) is 1.